The topological polar surface area (TPSA) is 59.8 Å². The normalized spacial score (nSPS) is 26.3. The summed E-state index contributed by atoms with van der Waals surface area (Å²) in [5.74, 6) is 1.58. The summed E-state index contributed by atoms with van der Waals surface area (Å²) in [4.78, 5) is 16.5. The summed E-state index contributed by atoms with van der Waals surface area (Å²) in [6, 6.07) is 8.25. The number of nitrogens with zero attached hydrogens (tertiary/aromatic N) is 3. The lowest BCUT2D eigenvalue weighted by Crippen LogP contribution is -2.39. The van der Waals surface area contributed by atoms with Gasteiger partial charge in [0.15, 0.2) is 0 Å². The number of nitrogens with one attached hydrogen (secondary N) is 1. The van der Waals surface area contributed by atoms with Gasteiger partial charge in [-0.1, -0.05) is 24.6 Å². The van der Waals surface area contributed by atoms with E-state index in [0.717, 1.165) is 23.6 Å². The van der Waals surface area contributed by atoms with Crippen molar-refractivity contribution in [3.05, 3.63) is 42.0 Å². The molecule has 3 atom stereocenters. The van der Waals surface area contributed by atoms with Gasteiger partial charge in [0.2, 0.25) is 5.82 Å². The van der Waals surface area contributed by atoms with Crippen LogP contribution in [0.1, 0.15) is 41.9 Å². The average molecular weight is 296 g/mol. The van der Waals surface area contributed by atoms with Crippen molar-refractivity contribution in [2.45, 2.75) is 38.6 Å². The maximum Gasteiger partial charge on any atom is 0.291 e. The molecule has 114 valence electrons. The number of hydrogen-bond acceptors (Lipinski definition) is 3. The van der Waals surface area contributed by atoms with Crippen molar-refractivity contribution in [2.24, 2.45) is 11.8 Å². The fourth-order valence-corrected chi connectivity index (χ4v) is 3.96. The van der Waals surface area contributed by atoms with E-state index >= 15 is 0 Å². The van der Waals surface area contributed by atoms with Gasteiger partial charge in [-0.25, -0.2) is 9.67 Å². The smallest absolute Gasteiger partial charge is 0.291 e. The Hall–Kier alpha value is -2.17. The van der Waals surface area contributed by atoms with Gasteiger partial charge in [0, 0.05) is 6.04 Å². The number of carbonyl (C=O) groups is 1. The molecule has 5 nitrogen and oxygen atoms in total. The van der Waals surface area contributed by atoms with E-state index in [1.54, 1.807) is 11.0 Å². The molecule has 2 bridgehead atoms. The summed E-state index contributed by atoms with van der Waals surface area (Å²) in [6.07, 6.45) is 6.58. The highest BCUT2D eigenvalue weighted by Crippen LogP contribution is 2.44. The minimum absolute atomic E-state index is 0.148. The second-order valence-corrected chi connectivity index (χ2v) is 6.55. The van der Waals surface area contributed by atoms with E-state index in [4.69, 9.17) is 0 Å². The van der Waals surface area contributed by atoms with Crippen molar-refractivity contribution in [2.75, 3.05) is 0 Å². The van der Waals surface area contributed by atoms with Gasteiger partial charge in [-0.05, 0) is 49.7 Å². The molecule has 1 aromatic heterocycles. The molecule has 1 amide bonds. The van der Waals surface area contributed by atoms with E-state index in [1.807, 2.05) is 31.2 Å². The van der Waals surface area contributed by atoms with Crippen LogP contribution in [0.5, 0.6) is 0 Å². The van der Waals surface area contributed by atoms with E-state index in [9.17, 15) is 4.79 Å². The molecule has 1 heterocycles. The van der Waals surface area contributed by atoms with E-state index in [2.05, 4.69) is 15.4 Å². The van der Waals surface area contributed by atoms with Gasteiger partial charge in [0.1, 0.15) is 6.33 Å². The lowest BCUT2D eigenvalue weighted by atomic mass is 9.95. The summed E-state index contributed by atoms with van der Waals surface area (Å²) in [5, 5.41) is 7.47. The Labute approximate surface area is 129 Å². The third-order valence-electron chi connectivity index (χ3n) is 5.11. The fourth-order valence-electron chi connectivity index (χ4n) is 3.96. The molecule has 0 aliphatic heterocycles. The molecule has 0 radical (unpaired) electrons. The van der Waals surface area contributed by atoms with Gasteiger partial charge >= 0.3 is 0 Å². The molecule has 2 fully saturated rings. The van der Waals surface area contributed by atoms with Crippen molar-refractivity contribution in [1.29, 1.82) is 0 Å². The second kappa shape index (κ2) is 5.23. The molecular formula is C17H20N4O. The highest BCUT2D eigenvalue weighted by Gasteiger charge is 2.40. The predicted molar refractivity (Wildman–Crippen MR) is 82.8 cm³/mol. The first kappa shape index (κ1) is 13.5. The van der Waals surface area contributed by atoms with E-state index in [0.29, 0.717) is 12.0 Å². The van der Waals surface area contributed by atoms with Gasteiger partial charge in [-0.2, -0.15) is 0 Å². The molecule has 0 saturated heterocycles. The third kappa shape index (κ3) is 2.30. The molecule has 2 saturated carbocycles. The standard InChI is InChI=1S/C17H20N4O/c1-11-4-2-3-5-15(11)21-10-18-16(20-21)17(22)19-14-9-12-6-7-13(14)8-12/h2-5,10,12-14H,6-9H2,1H3,(H,19,22)/t12-,13-,14-/m0/s1. The van der Waals surface area contributed by atoms with Crippen molar-refractivity contribution in [3.63, 3.8) is 0 Å². The number of hydrogen-bond donors (Lipinski definition) is 1. The zero-order valence-electron chi connectivity index (χ0n) is 12.7. The highest BCUT2D eigenvalue weighted by molar-refractivity contribution is 5.90. The molecule has 5 heteroatoms. The Morgan fingerprint density at radius 3 is 2.86 bits per heavy atom. The largest absolute Gasteiger partial charge is 0.346 e. The predicted octanol–water partition coefficient (Wildman–Crippen LogP) is 2.49. The highest BCUT2D eigenvalue weighted by atomic mass is 16.2. The van der Waals surface area contributed by atoms with Crippen LogP contribution >= 0.6 is 0 Å². The second-order valence-electron chi connectivity index (χ2n) is 6.55. The average Bonchev–Trinajstić information content (AvgIpc) is 3.24. The molecule has 4 rings (SSSR count). The SMILES string of the molecule is Cc1ccccc1-n1cnc(C(=O)N[C@H]2C[C@H]3CC[C@H]2C3)n1. The molecule has 2 aliphatic carbocycles. The zero-order valence-corrected chi connectivity index (χ0v) is 12.7. The van der Waals surface area contributed by atoms with Crippen LogP contribution in [0.25, 0.3) is 5.69 Å². The van der Waals surface area contributed by atoms with Gasteiger partial charge in [0.25, 0.3) is 5.91 Å². The Morgan fingerprint density at radius 1 is 1.27 bits per heavy atom. The van der Waals surface area contributed by atoms with Crippen LogP contribution in [0.4, 0.5) is 0 Å². The number of amides is 1. The number of rotatable bonds is 3. The molecule has 0 spiro atoms. The van der Waals surface area contributed by atoms with Gasteiger partial charge in [-0.15, -0.1) is 5.10 Å². The molecule has 1 aromatic carbocycles. The summed E-state index contributed by atoms with van der Waals surface area (Å²) >= 11 is 0. The number of fused-ring (bicyclic) bond motifs is 2. The molecule has 1 N–H and O–H groups in total. The number of carbonyl (C=O) groups excluding carboxylic acids is 1. The van der Waals surface area contributed by atoms with Crippen LogP contribution in [0.3, 0.4) is 0 Å². The first-order valence-corrected chi connectivity index (χ1v) is 7.99. The monoisotopic (exact) mass is 296 g/mol. The van der Waals surface area contributed by atoms with E-state index in [-0.39, 0.29) is 11.7 Å². The fraction of sp³-hybridized carbons (Fsp3) is 0.471. The molecular weight excluding hydrogens is 276 g/mol. The first-order valence-electron chi connectivity index (χ1n) is 7.99. The summed E-state index contributed by atoms with van der Waals surface area (Å²) in [7, 11) is 0. The maximum atomic E-state index is 12.4. The molecule has 2 aliphatic rings. The minimum atomic E-state index is -0.148. The van der Waals surface area contributed by atoms with Gasteiger partial charge < -0.3 is 5.32 Å². The van der Waals surface area contributed by atoms with Crippen LogP contribution in [0.15, 0.2) is 30.6 Å². The number of aromatic nitrogens is 3. The number of para-hydroxylation sites is 1. The summed E-state index contributed by atoms with van der Waals surface area (Å²) in [5.41, 5.74) is 2.06. The van der Waals surface area contributed by atoms with Crippen LogP contribution in [-0.2, 0) is 0 Å². The minimum Gasteiger partial charge on any atom is -0.346 e. The van der Waals surface area contributed by atoms with Crippen molar-refractivity contribution >= 4 is 5.91 Å². The van der Waals surface area contributed by atoms with Crippen molar-refractivity contribution < 1.29 is 4.79 Å². The first-order chi connectivity index (χ1) is 10.7. The Bertz CT molecular complexity index is 708. The van der Waals surface area contributed by atoms with E-state index < -0.39 is 0 Å². The van der Waals surface area contributed by atoms with Crippen LogP contribution < -0.4 is 5.32 Å². The molecule has 22 heavy (non-hydrogen) atoms. The Balaban J connectivity index is 1.49. The zero-order chi connectivity index (χ0) is 15.1. The van der Waals surface area contributed by atoms with Crippen molar-refractivity contribution in [3.8, 4) is 5.69 Å². The maximum absolute atomic E-state index is 12.4. The number of aryl methyl sites for hydroxylation is 1. The Kier molecular flexibility index (Phi) is 3.21. The lowest BCUT2D eigenvalue weighted by molar-refractivity contribution is 0.0912. The lowest BCUT2D eigenvalue weighted by Gasteiger charge is -2.22. The Morgan fingerprint density at radius 2 is 2.14 bits per heavy atom. The number of benzene rings is 1. The third-order valence-corrected chi connectivity index (χ3v) is 5.11. The van der Waals surface area contributed by atoms with Crippen LogP contribution in [0.2, 0.25) is 0 Å². The molecule has 0 unspecified atom stereocenters. The van der Waals surface area contributed by atoms with E-state index in [1.165, 1.54) is 19.3 Å². The quantitative estimate of drug-likeness (QED) is 0.946. The van der Waals surface area contributed by atoms with Gasteiger partial charge in [0.05, 0.1) is 5.69 Å². The summed E-state index contributed by atoms with van der Waals surface area (Å²) < 4.78 is 1.67. The summed E-state index contributed by atoms with van der Waals surface area (Å²) in [6.45, 7) is 2.02. The van der Waals surface area contributed by atoms with Gasteiger partial charge in [-0.3, -0.25) is 4.79 Å². The molecule has 2 aromatic rings. The van der Waals surface area contributed by atoms with Crippen LogP contribution in [0, 0.1) is 18.8 Å². The van der Waals surface area contributed by atoms with Crippen molar-refractivity contribution in [1.82, 2.24) is 20.1 Å². The van der Waals surface area contributed by atoms with Crippen LogP contribution in [-0.4, -0.2) is 26.7 Å².